The van der Waals surface area contributed by atoms with Gasteiger partial charge in [-0.25, -0.2) is 4.79 Å². The van der Waals surface area contributed by atoms with Crippen LogP contribution in [0.25, 0.3) is 0 Å². The average Bonchev–Trinajstić information content (AvgIpc) is 2.84. The topological polar surface area (TPSA) is 191 Å². The van der Waals surface area contributed by atoms with Crippen LogP contribution in [-0.4, -0.2) is 63.2 Å². The molecule has 0 bridgehead atoms. The maximum absolute atomic E-state index is 12.9. The summed E-state index contributed by atoms with van der Waals surface area (Å²) in [4.78, 5) is 49.8. The summed E-state index contributed by atoms with van der Waals surface area (Å²) in [7, 11) is 0. The first-order valence-electron chi connectivity index (χ1n) is 11.8. The van der Waals surface area contributed by atoms with E-state index in [1.54, 1.807) is 38.1 Å². The molecule has 11 nitrogen and oxygen atoms in total. The minimum atomic E-state index is -1.25. The number of phenols is 2. The molecule has 0 saturated heterocycles. The van der Waals surface area contributed by atoms with Crippen LogP contribution in [0.5, 0.6) is 11.5 Å². The Labute approximate surface area is 215 Å². The van der Waals surface area contributed by atoms with Gasteiger partial charge < -0.3 is 37.0 Å². The highest BCUT2D eigenvalue weighted by Gasteiger charge is 2.30. The normalized spacial score (nSPS) is 14.2. The molecule has 0 saturated carbocycles. The van der Waals surface area contributed by atoms with E-state index < -0.39 is 47.9 Å². The van der Waals surface area contributed by atoms with E-state index in [0.717, 1.165) is 5.56 Å². The molecule has 0 aliphatic rings. The Bertz CT molecular complexity index is 1090. The van der Waals surface area contributed by atoms with Gasteiger partial charge in [0.25, 0.3) is 0 Å². The van der Waals surface area contributed by atoms with Crippen molar-refractivity contribution in [3.63, 3.8) is 0 Å². The molecule has 4 atom stereocenters. The fraction of sp³-hybridized carbons (Fsp3) is 0.385. The number of phenolic OH excluding ortho intramolecular Hbond substituents is 2. The maximum atomic E-state index is 12.9. The van der Waals surface area contributed by atoms with Crippen LogP contribution in [0.1, 0.15) is 31.9 Å². The van der Waals surface area contributed by atoms with Gasteiger partial charge in [-0.15, -0.1) is 0 Å². The number of benzene rings is 2. The van der Waals surface area contributed by atoms with Crippen molar-refractivity contribution in [2.75, 3.05) is 0 Å². The van der Waals surface area contributed by atoms with Crippen LogP contribution < -0.4 is 21.7 Å². The summed E-state index contributed by atoms with van der Waals surface area (Å²) in [5, 5.41) is 35.8. The Morgan fingerprint density at radius 1 is 0.730 bits per heavy atom. The molecule has 2 aromatic rings. The van der Waals surface area contributed by atoms with Gasteiger partial charge in [0.1, 0.15) is 29.6 Å². The minimum Gasteiger partial charge on any atom is -0.508 e. The Morgan fingerprint density at radius 2 is 1.22 bits per heavy atom. The molecule has 0 radical (unpaired) electrons. The predicted molar refractivity (Wildman–Crippen MR) is 136 cm³/mol. The first-order chi connectivity index (χ1) is 17.4. The second-order valence-electron chi connectivity index (χ2n) is 9.21. The smallest absolute Gasteiger partial charge is 0.326 e. The van der Waals surface area contributed by atoms with Gasteiger partial charge in [0.2, 0.25) is 17.7 Å². The van der Waals surface area contributed by atoms with Crippen LogP contribution in [0.2, 0.25) is 0 Å². The molecule has 0 aromatic heterocycles. The van der Waals surface area contributed by atoms with Crippen LogP contribution in [-0.2, 0) is 32.0 Å². The van der Waals surface area contributed by atoms with Crippen LogP contribution in [0.3, 0.4) is 0 Å². The number of carboxylic acids is 1. The number of amides is 3. The van der Waals surface area contributed by atoms with E-state index in [1.165, 1.54) is 31.2 Å². The Hall–Kier alpha value is -4.12. The lowest BCUT2D eigenvalue weighted by molar-refractivity contribution is -0.142. The lowest BCUT2D eigenvalue weighted by Gasteiger charge is -2.25. The molecule has 2 aromatic carbocycles. The molecule has 200 valence electrons. The van der Waals surface area contributed by atoms with Crippen LogP contribution in [0.15, 0.2) is 48.5 Å². The first kappa shape index (κ1) is 29.1. The Morgan fingerprint density at radius 3 is 1.68 bits per heavy atom. The van der Waals surface area contributed by atoms with Gasteiger partial charge in [0, 0.05) is 6.42 Å². The van der Waals surface area contributed by atoms with Crippen LogP contribution >= 0.6 is 0 Å². The number of hydrogen-bond donors (Lipinski definition) is 7. The second-order valence-corrected chi connectivity index (χ2v) is 9.21. The zero-order chi connectivity index (χ0) is 27.7. The highest BCUT2D eigenvalue weighted by Crippen LogP contribution is 2.13. The summed E-state index contributed by atoms with van der Waals surface area (Å²) in [6.45, 7) is 4.85. The molecule has 0 aliphatic heterocycles. The monoisotopic (exact) mass is 514 g/mol. The summed E-state index contributed by atoms with van der Waals surface area (Å²) < 4.78 is 0. The number of rotatable bonds is 12. The van der Waals surface area contributed by atoms with E-state index in [2.05, 4.69) is 16.0 Å². The van der Waals surface area contributed by atoms with E-state index in [0.29, 0.717) is 5.56 Å². The zero-order valence-corrected chi connectivity index (χ0v) is 21.0. The number of nitrogens with one attached hydrogen (secondary N) is 3. The summed E-state index contributed by atoms with van der Waals surface area (Å²) in [5.74, 6) is -3.35. The predicted octanol–water partition coefficient (Wildman–Crippen LogP) is 0.425. The van der Waals surface area contributed by atoms with Gasteiger partial charge in [0.05, 0.1) is 6.04 Å². The molecular weight excluding hydrogens is 480 g/mol. The molecule has 8 N–H and O–H groups in total. The molecule has 0 spiro atoms. The molecule has 37 heavy (non-hydrogen) atoms. The number of carbonyl (C=O) groups is 4. The number of carbonyl (C=O) groups excluding carboxylic acids is 3. The van der Waals surface area contributed by atoms with Crippen molar-refractivity contribution < 1.29 is 34.5 Å². The van der Waals surface area contributed by atoms with E-state index in [9.17, 15) is 34.5 Å². The van der Waals surface area contributed by atoms with Crippen molar-refractivity contribution in [2.45, 2.75) is 57.8 Å². The largest absolute Gasteiger partial charge is 0.508 e. The van der Waals surface area contributed by atoms with Crippen molar-refractivity contribution >= 4 is 23.7 Å². The van der Waals surface area contributed by atoms with Crippen molar-refractivity contribution in [3.05, 3.63) is 59.7 Å². The molecule has 11 heteroatoms. The molecule has 0 aliphatic carbocycles. The van der Waals surface area contributed by atoms with Gasteiger partial charge in [-0.3, -0.25) is 14.4 Å². The minimum absolute atomic E-state index is 0.0222. The lowest BCUT2D eigenvalue weighted by Crippen LogP contribution is -2.58. The Balaban J connectivity index is 1.96. The van der Waals surface area contributed by atoms with Crippen molar-refractivity contribution in [2.24, 2.45) is 11.7 Å². The molecule has 0 heterocycles. The SMILES string of the molecule is CC(NC(=O)C(NC(=O)C(N)Cc1ccc(O)cc1)C(C)C)C(=O)NC(Cc1ccc(O)cc1)C(=O)O. The number of nitrogens with two attached hydrogens (primary N) is 1. The molecule has 4 unspecified atom stereocenters. The third-order valence-electron chi connectivity index (χ3n) is 5.72. The molecule has 2 rings (SSSR count). The second kappa shape index (κ2) is 13.3. The maximum Gasteiger partial charge on any atom is 0.326 e. The van der Waals surface area contributed by atoms with Crippen LogP contribution in [0.4, 0.5) is 0 Å². The third-order valence-corrected chi connectivity index (χ3v) is 5.72. The summed E-state index contributed by atoms with van der Waals surface area (Å²) >= 11 is 0. The summed E-state index contributed by atoms with van der Waals surface area (Å²) in [6.07, 6.45) is 0.167. The highest BCUT2D eigenvalue weighted by atomic mass is 16.4. The number of carboxylic acid groups (broad SMARTS) is 1. The van der Waals surface area contributed by atoms with Crippen molar-refractivity contribution in [1.29, 1.82) is 0 Å². The molecular formula is C26H34N4O7. The highest BCUT2D eigenvalue weighted by molar-refractivity contribution is 5.94. The number of hydrogen-bond acceptors (Lipinski definition) is 7. The lowest BCUT2D eigenvalue weighted by atomic mass is 10.0. The van der Waals surface area contributed by atoms with E-state index in [-0.39, 0.29) is 30.3 Å². The number of aliphatic carboxylic acids is 1. The van der Waals surface area contributed by atoms with Crippen LogP contribution in [0, 0.1) is 5.92 Å². The van der Waals surface area contributed by atoms with E-state index in [1.807, 2.05) is 0 Å². The number of aromatic hydroxyl groups is 2. The summed E-state index contributed by atoms with van der Waals surface area (Å²) in [6, 6.07) is 7.89. The van der Waals surface area contributed by atoms with Gasteiger partial charge in [0.15, 0.2) is 0 Å². The standard InChI is InChI=1S/C26H34N4O7/c1-14(2)22(30-24(34)20(27)12-16-4-8-18(31)9-5-16)25(35)28-15(3)23(33)29-21(26(36)37)13-17-6-10-19(32)11-7-17/h4-11,14-15,20-22,31-32H,12-13,27H2,1-3H3,(H,28,35)(H,29,33)(H,30,34)(H,36,37). The van der Waals surface area contributed by atoms with Crippen molar-refractivity contribution in [3.8, 4) is 11.5 Å². The average molecular weight is 515 g/mol. The van der Waals surface area contributed by atoms with E-state index >= 15 is 0 Å². The fourth-order valence-electron chi connectivity index (χ4n) is 3.51. The van der Waals surface area contributed by atoms with Gasteiger partial charge >= 0.3 is 5.97 Å². The third kappa shape index (κ3) is 9.12. The first-order valence-corrected chi connectivity index (χ1v) is 11.8. The van der Waals surface area contributed by atoms with Gasteiger partial charge in [-0.1, -0.05) is 38.1 Å². The van der Waals surface area contributed by atoms with Gasteiger partial charge in [-0.05, 0) is 54.7 Å². The van der Waals surface area contributed by atoms with Gasteiger partial charge in [-0.2, -0.15) is 0 Å². The Kier molecular flexibility index (Phi) is 10.4. The molecule has 0 fully saturated rings. The van der Waals surface area contributed by atoms with E-state index in [4.69, 9.17) is 5.73 Å². The van der Waals surface area contributed by atoms with Crippen molar-refractivity contribution in [1.82, 2.24) is 16.0 Å². The molecule has 3 amide bonds. The zero-order valence-electron chi connectivity index (χ0n) is 21.0. The fourth-order valence-corrected chi connectivity index (χ4v) is 3.51. The summed E-state index contributed by atoms with van der Waals surface area (Å²) in [5.41, 5.74) is 7.32. The quantitative estimate of drug-likeness (QED) is 0.212.